The molecule has 0 aromatic heterocycles. The zero-order valence-electron chi connectivity index (χ0n) is 14.9. The van der Waals surface area contributed by atoms with Crippen LogP contribution in [0.2, 0.25) is 0 Å². The molecule has 142 valence electrons. The van der Waals surface area contributed by atoms with Crippen LogP contribution >= 0.6 is 15.9 Å². The van der Waals surface area contributed by atoms with Gasteiger partial charge in [-0.1, -0.05) is 22.0 Å². The van der Waals surface area contributed by atoms with Crippen LogP contribution in [0.4, 0.5) is 9.18 Å². The van der Waals surface area contributed by atoms with Gasteiger partial charge in [-0.05, 0) is 38.0 Å². The molecule has 1 atom stereocenters. The zero-order chi connectivity index (χ0) is 19.1. The standard InChI is InChI=1S/C19H24BrFN2O3/c1-3-9-22(13-15-11-16(20)7-8-17(15)21)18(24)14-6-5-10-23(12-14)19(25)26-4-2/h3,7-8,11,14H,1,4-6,9-10,12-13H2,2H3. The number of rotatable bonds is 6. The van der Waals surface area contributed by atoms with Crippen LogP contribution in [-0.2, 0) is 16.1 Å². The average molecular weight is 427 g/mol. The molecule has 0 aliphatic carbocycles. The second-order valence-corrected chi connectivity index (χ2v) is 7.14. The van der Waals surface area contributed by atoms with Crippen LogP contribution < -0.4 is 0 Å². The van der Waals surface area contributed by atoms with Gasteiger partial charge in [0.05, 0.1) is 12.5 Å². The molecular formula is C19H24BrFN2O3. The van der Waals surface area contributed by atoms with E-state index in [2.05, 4.69) is 22.5 Å². The number of nitrogens with zero attached hydrogens (tertiary/aromatic N) is 2. The molecule has 26 heavy (non-hydrogen) atoms. The molecule has 1 unspecified atom stereocenters. The lowest BCUT2D eigenvalue weighted by molar-refractivity contribution is -0.137. The van der Waals surface area contributed by atoms with Gasteiger partial charge in [-0.3, -0.25) is 4.79 Å². The van der Waals surface area contributed by atoms with Crippen molar-refractivity contribution in [2.24, 2.45) is 5.92 Å². The van der Waals surface area contributed by atoms with Crippen LogP contribution in [0.1, 0.15) is 25.3 Å². The Morgan fingerprint density at radius 1 is 1.50 bits per heavy atom. The highest BCUT2D eigenvalue weighted by atomic mass is 79.9. The van der Waals surface area contributed by atoms with Crippen molar-refractivity contribution in [3.63, 3.8) is 0 Å². The van der Waals surface area contributed by atoms with E-state index >= 15 is 0 Å². The van der Waals surface area contributed by atoms with Gasteiger partial charge in [-0.2, -0.15) is 0 Å². The van der Waals surface area contributed by atoms with E-state index in [1.54, 1.807) is 34.9 Å². The first-order chi connectivity index (χ1) is 12.5. The zero-order valence-corrected chi connectivity index (χ0v) is 16.5. The predicted octanol–water partition coefficient (Wildman–Crippen LogP) is 3.97. The topological polar surface area (TPSA) is 49.9 Å². The van der Waals surface area contributed by atoms with E-state index in [0.717, 1.165) is 10.9 Å². The van der Waals surface area contributed by atoms with Gasteiger partial charge < -0.3 is 14.5 Å². The molecule has 1 aromatic rings. The lowest BCUT2D eigenvalue weighted by Gasteiger charge is -2.34. The van der Waals surface area contributed by atoms with Crippen molar-refractivity contribution in [1.29, 1.82) is 0 Å². The van der Waals surface area contributed by atoms with Crippen LogP contribution in [-0.4, -0.2) is 48.0 Å². The second kappa shape index (κ2) is 9.71. The summed E-state index contributed by atoms with van der Waals surface area (Å²) in [5.41, 5.74) is 0.438. The van der Waals surface area contributed by atoms with Crippen molar-refractivity contribution < 1.29 is 18.7 Å². The Balaban J connectivity index is 2.10. The van der Waals surface area contributed by atoms with Crippen LogP contribution in [0.15, 0.2) is 35.3 Å². The number of likely N-dealkylation sites (tertiary alicyclic amines) is 1. The summed E-state index contributed by atoms with van der Waals surface area (Å²) in [7, 11) is 0. The van der Waals surface area contributed by atoms with Gasteiger partial charge in [-0.15, -0.1) is 6.58 Å². The number of amides is 2. The lowest BCUT2D eigenvalue weighted by atomic mass is 9.96. The molecule has 5 nitrogen and oxygen atoms in total. The van der Waals surface area contributed by atoms with Gasteiger partial charge in [0.1, 0.15) is 5.82 Å². The third kappa shape index (κ3) is 5.30. The maximum atomic E-state index is 14.1. The van der Waals surface area contributed by atoms with Gasteiger partial charge >= 0.3 is 6.09 Å². The minimum absolute atomic E-state index is 0.0988. The molecule has 1 heterocycles. The third-order valence-corrected chi connectivity index (χ3v) is 4.82. The van der Waals surface area contributed by atoms with E-state index in [-0.39, 0.29) is 24.2 Å². The number of ether oxygens (including phenoxy) is 1. The van der Waals surface area contributed by atoms with E-state index in [0.29, 0.717) is 38.2 Å². The van der Waals surface area contributed by atoms with Crippen LogP contribution in [0.5, 0.6) is 0 Å². The summed E-state index contributed by atoms with van der Waals surface area (Å²) in [5.74, 6) is -0.770. The fourth-order valence-corrected chi connectivity index (χ4v) is 3.48. The van der Waals surface area contributed by atoms with Gasteiger partial charge in [0.25, 0.3) is 0 Å². The molecule has 7 heteroatoms. The molecule has 2 rings (SSSR count). The normalized spacial score (nSPS) is 16.9. The van der Waals surface area contributed by atoms with E-state index in [1.165, 1.54) is 6.07 Å². The molecule has 0 N–H and O–H groups in total. The Labute approximate surface area is 161 Å². The van der Waals surface area contributed by atoms with Gasteiger partial charge in [0.2, 0.25) is 5.91 Å². The van der Waals surface area contributed by atoms with E-state index in [9.17, 15) is 14.0 Å². The Bertz CT molecular complexity index is 668. The first-order valence-electron chi connectivity index (χ1n) is 8.71. The van der Waals surface area contributed by atoms with Crippen molar-refractivity contribution in [3.8, 4) is 0 Å². The maximum Gasteiger partial charge on any atom is 0.409 e. The first-order valence-corrected chi connectivity index (χ1v) is 9.50. The Morgan fingerprint density at radius 3 is 2.96 bits per heavy atom. The third-order valence-electron chi connectivity index (χ3n) is 4.33. The largest absolute Gasteiger partial charge is 0.450 e. The average Bonchev–Trinajstić information content (AvgIpc) is 2.64. The van der Waals surface area contributed by atoms with Crippen molar-refractivity contribution in [2.75, 3.05) is 26.2 Å². The summed E-state index contributed by atoms with van der Waals surface area (Å²) >= 11 is 3.33. The highest BCUT2D eigenvalue weighted by Gasteiger charge is 2.31. The number of benzene rings is 1. The van der Waals surface area contributed by atoms with Gasteiger partial charge in [0, 0.05) is 36.2 Å². The van der Waals surface area contributed by atoms with Crippen molar-refractivity contribution in [2.45, 2.75) is 26.3 Å². The Kier molecular flexibility index (Phi) is 7.63. The Morgan fingerprint density at radius 2 is 2.27 bits per heavy atom. The van der Waals surface area contributed by atoms with Crippen LogP contribution in [0.3, 0.4) is 0 Å². The SMILES string of the molecule is C=CCN(Cc1cc(Br)ccc1F)C(=O)C1CCCN(C(=O)OCC)C1. The number of halogens is 2. The minimum atomic E-state index is -0.390. The first kappa shape index (κ1) is 20.4. The smallest absolute Gasteiger partial charge is 0.409 e. The molecule has 0 bridgehead atoms. The van der Waals surface area contributed by atoms with Gasteiger partial charge in [0.15, 0.2) is 0 Å². The minimum Gasteiger partial charge on any atom is -0.450 e. The fourth-order valence-electron chi connectivity index (χ4n) is 3.08. The molecule has 0 radical (unpaired) electrons. The molecule has 1 aliphatic rings. The molecule has 0 saturated carbocycles. The molecule has 1 aromatic carbocycles. The van der Waals surface area contributed by atoms with Crippen molar-refractivity contribution in [1.82, 2.24) is 9.80 Å². The molecule has 1 aliphatic heterocycles. The summed E-state index contributed by atoms with van der Waals surface area (Å²) in [6.45, 7) is 7.14. The quantitative estimate of drug-likeness (QED) is 0.646. The number of carbonyl (C=O) groups is 2. The Hall–Kier alpha value is -1.89. The molecule has 0 spiro atoms. The van der Waals surface area contributed by atoms with Crippen LogP contribution in [0, 0.1) is 11.7 Å². The maximum absolute atomic E-state index is 14.1. The van der Waals surface area contributed by atoms with E-state index in [1.807, 2.05) is 0 Å². The lowest BCUT2D eigenvalue weighted by Crippen LogP contribution is -2.46. The number of hydrogen-bond donors (Lipinski definition) is 0. The monoisotopic (exact) mass is 426 g/mol. The second-order valence-electron chi connectivity index (χ2n) is 6.23. The number of piperidine rings is 1. The molecule has 1 fully saturated rings. The summed E-state index contributed by atoms with van der Waals surface area (Å²) in [6.07, 6.45) is 2.67. The van der Waals surface area contributed by atoms with E-state index in [4.69, 9.17) is 4.74 Å². The van der Waals surface area contributed by atoms with Gasteiger partial charge in [-0.25, -0.2) is 9.18 Å². The van der Waals surface area contributed by atoms with E-state index < -0.39 is 6.09 Å². The van der Waals surface area contributed by atoms with Crippen molar-refractivity contribution in [3.05, 3.63) is 46.7 Å². The summed E-state index contributed by atoms with van der Waals surface area (Å²) in [4.78, 5) is 28.1. The summed E-state index contributed by atoms with van der Waals surface area (Å²) in [5, 5.41) is 0. The highest BCUT2D eigenvalue weighted by molar-refractivity contribution is 9.10. The summed E-state index contributed by atoms with van der Waals surface area (Å²) in [6, 6.07) is 4.67. The molecule has 1 saturated heterocycles. The highest BCUT2D eigenvalue weighted by Crippen LogP contribution is 2.22. The number of hydrogen-bond acceptors (Lipinski definition) is 3. The number of carbonyl (C=O) groups excluding carboxylic acids is 2. The fraction of sp³-hybridized carbons (Fsp3) is 0.474. The molecule has 2 amide bonds. The van der Waals surface area contributed by atoms with Crippen molar-refractivity contribution >= 4 is 27.9 Å². The summed E-state index contributed by atoms with van der Waals surface area (Å²) < 4.78 is 19.9. The van der Waals surface area contributed by atoms with Crippen LogP contribution in [0.25, 0.3) is 0 Å². The molecular weight excluding hydrogens is 403 g/mol. The predicted molar refractivity (Wildman–Crippen MR) is 101 cm³/mol.